The zero-order chi connectivity index (χ0) is 31.4. The number of piperidine rings is 1. The third kappa shape index (κ3) is 6.35. The second kappa shape index (κ2) is 11.0. The lowest BCUT2D eigenvalue weighted by Gasteiger charge is -2.38. The standard InChI is InChI=1S/C30H46N6O6/c1-15(2)10-19(26(40)41)33-27(42)34-22(28(3,4)5)25(39)36-14-18-20(29(18,6)7)21(36)24(38)32-17(13-31)11-16-12-30(8-9-30)35-23(16)37/h15-22H,8-12,14H2,1-7H3,(H,32,38)(H,35,37)(H,40,41)(H2,33,34,42). The number of rotatable bonds is 10. The van der Waals surface area contributed by atoms with Crippen LogP contribution in [0.25, 0.3) is 0 Å². The Hall–Kier alpha value is -3.36. The van der Waals surface area contributed by atoms with Gasteiger partial charge >= 0.3 is 12.0 Å². The summed E-state index contributed by atoms with van der Waals surface area (Å²) < 4.78 is 0. The van der Waals surface area contributed by atoms with Gasteiger partial charge in [0.2, 0.25) is 17.7 Å². The van der Waals surface area contributed by atoms with Gasteiger partial charge in [0.15, 0.2) is 0 Å². The maximum atomic E-state index is 14.0. The molecule has 1 spiro atoms. The van der Waals surface area contributed by atoms with Crippen LogP contribution in [0.3, 0.4) is 0 Å². The maximum Gasteiger partial charge on any atom is 0.326 e. The molecule has 12 nitrogen and oxygen atoms in total. The molecule has 5 N–H and O–H groups in total. The molecule has 2 saturated carbocycles. The fourth-order valence-corrected chi connectivity index (χ4v) is 6.99. The number of hydrogen-bond acceptors (Lipinski definition) is 6. The van der Waals surface area contributed by atoms with E-state index in [9.17, 15) is 34.3 Å². The summed E-state index contributed by atoms with van der Waals surface area (Å²) in [6.45, 7) is 13.5. The van der Waals surface area contributed by atoms with Gasteiger partial charge in [-0.05, 0) is 60.7 Å². The van der Waals surface area contributed by atoms with E-state index in [0.717, 1.165) is 12.8 Å². The molecule has 12 heteroatoms. The highest BCUT2D eigenvalue weighted by Crippen LogP contribution is 2.65. The molecular weight excluding hydrogens is 540 g/mol. The van der Waals surface area contributed by atoms with Crippen molar-refractivity contribution >= 4 is 29.7 Å². The minimum absolute atomic E-state index is 0.0282. The fraction of sp³-hybridized carbons (Fsp3) is 0.800. The summed E-state index contributed by atoms with van der Waals surface area (Å²) in [7, 11) is 0. The first-order chi connectivity index (χ1) is 19.4. The van der Waals surface area contributed by atoms with Crippen molar-refractivity contribution in [3.05, 3.63) is 0 Å². The highest BCUT2D eigenvalue weighted by atomic mass is 16.4. The van der Waals surface area contributed by atoms with E-state index in [1.54, 1.807) is 20.8 Å². The number of carbonyl (C=O) groups is 5. The molecule has 0 aromatic carbocycles. The van der Waals surface area contributed by atoms with Gasteiger partial charge in [-0.15, -0.1) is 0 Å². The van der Waals surface area contributed by atoms with Crippen molar-refractivity contribution < 1.29 is 29.1 Å². The van der Waals surface area contributed by atoms with Crippen molar-refractivity contribution in [2.75, 3.05) is 6.54 Å². The summed E-state index contributed by atoms with van der Waals surface area (Å²) in [5.74, 6) is -2.46. The molecule has 2 aliphatic carbocycles. The van der Waals surface area contributed by atoms with Crippen molar-refractivity contribution in [3.63, 3.8) is 0 Å². The van der Waals surface area contributed by atoms with Crippen LogP contribution in [0.2, 0.25) is 0 Å². The highest BCUT2D eigenvalue weighted by Gasteiger charge is 2.70. The van der Waals surface area contributed by atoms with Crippen LogP contribution >= 0.6 is 0 Å². The number of aliphatic carboxylic acids is 1. The molecule has 232 valence electrons. The van der Waals surface area contributed by atoms with E-state index in [2.05, 4.69) is 41.2 Å². The van der Waals surface area contributed by atoms with Gasteiger partial charge in [-0.2, -0.15) is 5.26 Å². The summed E-state index contributed by atoms with van der Waals surface area (Å²) in [5.41, 5.74) is -1.05. The number of amides is 5. The molecule has 0 bridgehead atoms. The molecule has 4 aliphatic rings. The molecule has 4 fully saturated rings. The van der Waals surface area contributed by atoms with Crippen LogP contribution in [0.1, 0.15) is 80.6 Å². The first-order valence-electron chi connectivity index (χ1n) is 15.0. The van der Waals surface area contributed by atoms with Crippen molar-refractivity contribution in [2.45, 2.75) is 110 Å². The zero-order valence-electron chi connectivity index (χ0n) is 25.7. The van der Waals surface area contributed by atoms with Crippen LogP contribution in [0.15, 0.2) is 0 Å². The van der Waals surface area contributed by atoms with E-state index in [4.69, 9.17) is 0 Å². The van der Waals surface area contributed by atoms with E-state index in [1.165, 1.54) is 4.90 Å². The minimum atomic E-state index is -1.16. The highest BCUT2D eigenvalue weighted by molar-refractivity contribution is 5.94. The lowest BCUT2D eigenvalue weighted by atomic mass is 9.85. The van der Waals surface area contributed by atoms with Crippen LogP contribution in [0, 0.1) is 45.8 Å². The summed E-state index contributed by atoms with van der Waals surface area (Å²) in [5, 5.41) is 30.4. The molecule has 7 unspecified atom stereocenters. The molecule has 0 aromatic heterocycles. The van der Waals surface area contributed by atoms with Gasteiger partial charge in [-0.1, -0.05) is 48.5 Å². The molecule has 2 saturated heterocycles. The molecule has 4 rings (SSSR count). The summed E-state index contributed by atoms with van der Waals surface area (Å²) in [6, 6.07) is -2.50. The van der Waals surface area contributed by atoms with Crippen molar-refractivity contribution in [1.29, 1.82) is 5.26 Å². The summed E-state index contributed by atoms with van der Waals surface area (Å²) in [6.07, 6.45) is 2.97. The number of carbonyl (C=O) groups excluding carboxylic acids is 4. The normalized spacial score (nSPS) is 28.6. The van der Waals surface area contributed by atoms with Crippen molar-refractivity contribution in [1.82, 2.24) is 26.2 Å². The molecule has 0 radical (unpaired) electrons. The average Bonchev–Trinajstić information content (AvgIpc) is 3.59. The van der Waals surface area contributed by atoms with Gasteiger partial charge in [0.25, 0.3) is 0 Å². The topological polar surface area (TPSA) is 181 Å². The summed E-state index contributed by atoms with van der Waals surface area (Å²) >= 11 is 0. The number of nitriles is 1. The van der Waals surface area contributed by atoms with Gasteiger partial charge in [0.05, 0.1) is 6.07 Å². The Morgan fingerprint density at radius 2 is 1.79 bits per heavy atom. The molecule has 5 amide bonds. The van der Waals surface area contributed by atoms with Crippen LogP contribution < -0.4 is 21.3 Å². The number of urea groups is 1. The van der Waals surface area contributed by atoms with Crippen LogP contribution in [0.5, 0.6) is 0 Å². The largest absolute Gasteiger partial charge is 0.480 e. The quantitative estimate of drug-likeness (QED) is 0.258. The predicted molar refractivity (Wildman–Crippen MR) is 152 cm³/mol. The van der Waals surface area contributed by atoms with Gasteiger partial charge in [0.1, 0.15) is 24.2 Å². The zero-order valence-corrected chi connectivity index (χ0v) is 25.7. The Morgan fingerprint density at radius 3 is 2.29 bits per heavy atom. The lowest BCUT2D eigenvalue weighted by Crippen LogP contribution is -2.61. The Morgan fingerprint density at radius 1 is 1.14 bits per heavy atom. The second-order valence-electron chi connectivity index (χ2n) is 14.9. The SMILES string of the molecule is CC(C)CC(NC(=O)NC(C(=O)N1CC2C(C1C(=O)NC(C#N)CC1CC3(CC3)NC1=O)C2(C)C)C(C)(C)C)C(=O)O. The third-order valence-corrected chi connectivity index (χ3v) is 9.70. The Kier molecular flexibility index (Phi) is 8.30. The van der Waals surface area contributed by atoms with Crippen LogP contribution in [-0.2, 0) is 19.2 Å². The van der Waals surface area contributed by atoms with Gasteiger partial charge in [-0.3, -0.25) is 14.4 Å². The predicted octanol–water partition coefficient (Wildman–Crippen LogP) is 1.75. The molecule has 2 aliphatic heterocycles. The van der Waals surface area contributed by atoms with Gasteiger partial charge < -0.3 is 31.3 Å². The van der Waals surface area contributed by atoms with Crippen molar-refractivity contribution in [3.8, 4) is 6.07 Å². The van der Waals surface area contributed by atoms with Crippen LogP contribution in [-0.4, -0.2) is 76.0 Å². The molecule has 2 heterocycles. The van der Waals surface area contributed by atoms with Crippen LogP contribution in [0.4, 0.5) is 4.79 Å². The Bertz CT molecular complexity index is 1180. The Balaban J connectivity index is 1.48. The fourth-order valence-electron chi connectivity index (χ4n) is 6.99. The smallest absolute Gasteiger partial charge is 0.326 e. The second-order valence-corrected chi connectivity index (χ2v) is 14.9. The van der Waals surface area contributed by atoms with E-state index in [1.807, 2.05) is 13.8 Å². The van der Waals surface area contributed by atoms with E-state index < -0.39 is 53.4 Å². The molecule has 0 aromatic rings. The number of fused-ring (bicyclic) bond motifs is 1. The first kappa shape index (κ1) is 31.6. The number of nitrogens with one attached hydrogen (secondary N) is 4. The number of hydrogen-bond donors (Lipinski definition) is 5. The number of nitrogens with zero attached hydrogens (tertiary/aromatic N) is 2. The maximum absolute atomic E-state index is 14.0. The van der Waals surface area contributed by atoms with Gasteiger partial charge in [0, 0.05) is 18.0 Å². The third-order valence-electron chi connectivity index (χ3n) is 9.70. The van der Waals surface area contributed by atoms with E-state index in [-0.39, 0.29) is 53.4 Å². The monoisotopic (exact) mass is 586 g/mol. The number of carboxylic acid groups (broad SMARTS) is 1. The minimum Gasteiger partial charge on any atom is -0.480 e. The summed E-state index contributed by atoms with van der Waals surface area (Å²) in [4.78, 5) is 66.4. The Labute approximate surface area is 247 Å². The van der Waals surface area contributed by atoms with Gasteiger partial charge in [-0.25, -0.2) is 9.59 Å². The average molecular weight is 587 g/mol. The molecular formula is C30H46N6O6. The van der Waals surface area contributed by atoms with Crippen molar-refractivity contribution in [2.24, 2.45) is 34.5 Å². The molecule has 7 atom stereocenters. The van der Waals surface area contributed by atoms with E-state index in [0.29, 0.717) is 13.0 Å². The molecule has 42 heavy (non-hydrogen) atoms. The van der Waals surface area contributed by atoms with E-state index >= 15 is 0 Å². The number of carboxylic acids is 1. The lowest BCUT2D eigenvalue weighted by molar-refractivity contribution is -0.143. The number of likely N-dealkylation sites (tertiary alicyclic amines) is 1. The first-order valence-corrected chi connectivity index (χ1v) is 15.0.